The Labute approximate surface area is 1140 Å². The summed E-state index contributed by atoms with van der Waals surface area (Å²) < 4.78 is 114. The van der Waals surface area contributed by atoms with E-state index in [2.05, 4.69) is 55.4 Å². The first-order valence-electron chi connectivity index (χ1n) is 22.0. The fourth-order valence-corrected chi connectivity index (χ4v) is 11.3. The molecule has 0 N–H and O–H groups in total. The van der Waals surface area contributed by atoms with Crippen molar-refractivity contribution in [1.29, 1.82) is 0 Å². The molecule has 0 fully saturated rings. The Hall–Kier alpha value is 20.9. The van der Waals surface area contributed by atoms with Gasteiger partial charge >= 0.3 is 59.1 Å². The first-order valence-corrected chi connectivity index (χ1v) is 26.5. The number of anilines is 1. The van der Waals surface area contributed by atoms with Crippen LogP contribution in [0.25, 0.3) is 21.5 Å². The summed E-state index contributed by atoms with van der Waals surface area (Å²) in [5, 5.41) is 3.95. The van der Waals surface area contributed by atoms with Crippen molar-refractivity contribution in [3.8, 4) is 5.75 Å². The summed E-state index contributed by atoms with van der Waals surface area (Å²) in [6, 6.07) is 32.3. The SMILES string of the molecule is CCC1(CC)C(C=CC=C(C=CC=C2N(CCCS(=O)(=O)[O-])c3ccc4c[c-]ccc4c3C2(CC)CC)Oc2ccc(S(=O)(=O)[O-])cc2)=[N+](CCCS(=O)(=O)[O-])c2ccc3c[c-]c[c-]c3c21.[H-].[Na+].[Na+].[Y].[Y].[Y].[Y].[Y].[Y].[Y].[Y].[Y].[Y].[Y].[Y].[Y].[Y].[Y].[Y].[Y].[Y].[Y].[Y].[Y].[Y]. The van der Waals surface area contributed by atoms with Gasteiger partial charge in [-0.25, -0.2) is 36.0 Å². The van der Waals surface area contributed by atoms with Crippen molar-refractivity contribution in [2.24, 2.45) is 0 Å². The van der Waals surface area contributed by atoms with Crippen LogP contribution in [0.15, 0.2) is 132 Å². The van der Waals surface area contributed by atoms with Crippen molar-refractivity contribution in [3.63, 3.8) is 0 Å². The molecule has 12 nitrogen and oxygen atoms in total. The minimum atomic E-state index is -4.71. The molecule has 22 radical (unpaired) electrons. The molecule has 0 aromatic heterocycles. The molecule has 0 unspecified atom stereocenters. The van der Waals surface area contributed by atoms with Gasteiger partial charge in [-0.05, 0) is 92.3 Å². The van der Waals surface area contributed by atoms with Crippen LogP contribution in [0.2, 0.25) is 0 Å². The smallest absolute Gasteiger partial charge is 1.00 e. The molecular formula is C51H52N2Na2O10S3Y22-4. The summed E-state index contributed by atoms with van der Waals surface area (Å²) in [6.45, 7) is 8.97. The zero-order valence-corrected chi connectivity index (χ0v) is 121. The van der Waals surface area contributed by atoms with Crippen molar-refractivity contribution in [2.45, 2.75) is 81.9 Å². The van der Waals surface area contributed by atoms with Crippen molar-refractivity contribution in [3.05, 3.63) is 156 Å². The molecule has 39 heteroatoms. The van der Waals surface area contributed by atoms with Crippen LogP contribution >= 0.6 is 0 Å². The van der Waals surface area contributed by atoms with Crippen molar-refractivity contribution in [2.75, 3.05) is 29.5 Å². The van der Waals surface area contributed by atoms with Crippen LogP contribution < -0.4 is 68.8 Å². The van der Waals surface area contributed by atoms with Gasteiger partial charge in [0.15, 0.2) is 5.71 Å². The third-order valence-electron chi connectivity index (χ3n) is 13.0. The van der Waals surface area contributed by atoms with Crippen LogP contribution in [0.4, 0.5) is 11.4 Å². The topological polar surface area (TPSA) is 187 Å². The maximum absolute atomic E-state index is 11.8. The maximum atomic E-state index is 11.8. The second-order valence-corrected chi connectivity index (χ2v) is 20.9. The second kappa shape index (κ2) is 78.4. The number of fused-ring (bicyclic) bond motifs is 6. The van der Waals surface area contributed by atoms with Gasteiger partial charge in [-0.2, -0.15) is 34.9 Å². The molecule has 416 valence electrons. The Morgan fingerprint density at radius 3 is 1.57 bits per heavy atom. The van der Waals surface area contributed by atoms with Gasteiger partial charge in [0, 0.05) is 773 Å². The average molecular weight is 2950 g/mol. The van der Waals surface area contributed by atoms with Gasteiger partial charge in [0.1, 0.15) is 28.2 Å². The molecule has 0 saturated carbocycles. The Morgan fingerprint density at radius 1 is 0.589 bits per heavy atom. The molecule has 0 amide bonds. The summed E-state index contributed by atoms with van der Waals surface area (Å²) in [5.74, 6) is -0.455. The van der Waals surface area contributed by atoms with Crippen LogP contribution in [0.1, 0.15) is 78.8 Å². The third-order valence-corrected chi connectivity index (χ3v) is 15.5. The molecule has 0 spiro atoms. The molecule has 0 atom stereocenters. The summed E-state index contributed by atoms with van der Waals surface area (Å²) in [5.41, 5.74) is 4.78. The second-order valence-electron chi connectivity index (χ2n) is 16.5. The Kier molecular flexibility index (Phi) is 135. The van der Waals surface area contributed by atoms with Crippen LogP contribution in [0.5, 0.6) is 5.75 Å². The summed E-state index contributed by atoms with van der Waals surface area (Å²) >= 11 is 0. The maximum Gasteiger partial charge on any atom is 1.00 e. The fourth-order valence-electron chi connectivity index (χ4n) is 9.91. The van der Waals surface area contributed by atoms with E-state index in [1.54, 1.807) is 18.2 Å². The zero-order chi connectivity index (χ0) is 47.5. The first-order chi connectivity index (χ1) is 31.4. The number of ether oxygens (including phenoxy) is 1. The van der Waals surface area contributed by atoms with Crippen molar-refractivity contribution in [1.82, 2.24) is 0 Å². The number of benzene rings is 5. The minimum Gasteiger partial charge on any atom is -1.00 e. The van der Waals surface area contributed by atoms with Crippen LogP contribution in [-0.2, 0) is 761 Å². The van der Waals surface area contributed by atoms with E-state index < -0.39 is 57.6 Å². The van der Waals surface area contributed by atoms with E-state index in [0.717, 1.165) is 55.5 Å². The molecule has 7 rings (SSSR count). The molecule has 2 aliphatic heterocycles. The van der Waals surface area contributed by atoms with Gasteiger partial charge in [0.05, 0.1) is 30.5 Å². The van der Waals surface area contributed by atoms with E-state index in [1.807, 2.05) is 72.8 Å². The van der Waals surface area contributed by atoms with Gasteiger partial charge in [0.25, 0.3) is 0 Å². The van der Waals surface area contributed by atoms with Crippen LogP contribution in [0, 0.1) is 18.2 Å². The van der Waals surface area contributed by atoms with Crippen molar-refractivity contribution < 1.29 is 828 Å². The number of rotatable bonds is 19. The first kappa shape index (κ1) is 155. The van der Waals surface area contributed by atoms with Gasteiger partial charge in [-0.3, -0.25) is 6.07 Å². The molecule has 5 aromatic rings. The summed E-state index contributed by atoms with van der Waals surface area (Å²) in [6.07, 6.45) is 14.1. The Balaban J connectivity index is -0.000000122. The minimum absolute atomic E-state index is 0. The summed E-state index contributed by atoms with van der Waals surface area (Å²) in [7, 11) is -13.6. The standard InChI is InChI=1S/C51H54N2O10S3.2Na.22Y.H/c1-5-50(6-2)46(52(33-15-35-64(54,55)56)44-31-25-37-17-9-11-21-42(37)48(44)50)23-13-19-39(63-40-27-29-41(30-28-40)66(60,61)62)20-14-24-47-51(7-3,8-4)49-43-22-12-10-18-38(43)26-32-45(49)53(47)34-16-36-65(57,58)59;;;;;;;;;;;;;;;;;;;;;;;;;/h11-14,17-21,23-32H,5-8,15-16,33-36H2,1-4H3,(H,54,55,56)(H,57,58,59)(H,60,61,62);;;;;;;;;;;;;;;;;;;;;;;;;/q-2;2*+1;;;;;;;;;;;;;;;;;;;;;;;-1/p-3. The zero-order valence-electron chi connectivity index (χ0n) is 52.9. The Bertz CT molecular complexity index is 3240. The van der Waals surface area contributed by atoms with Crippen molar-refractivity contribution >= 4 is 69.0 Å². The molecule has 2 aliphatic rings. The van der Waals surface area contributed by atoms with Gasteiger partial charge in [-0.15, -0.1) is 16.8 Å². The van der Waals surface area contributed by atoms with Gasteiger partial charge in [-0.1, -0.05) is 39.8 Å². The quantitative estimate of drug-likeness (QED) is 0.0296. The van der Waals surface area contributed by atoms with E-state index in [4.69, 9.17) is 4.74 Å². The van der Waals surface area contributed by atoms with E-state index in [1.165, 1.54) is 24.3 Å². The number of nitrogens with zero attached hydrogens (tertiary/aromatic N) is 2. The molecule has 5 aromatic carbocycles. The average Bonchev–Trinajstić information content (AvgIpc) is 3.71. The number of hydrogen-bond donors (Lipinski definition) is 0. The molecule has 0 bridgehead atoms. The summed E-state index contributed by atoms with van der Waals surface area (Å²) in [4.78, 5) is 1.68. The van der Waals surface area contributed by atoms with E-state index in [-0.39, 0.29) is 812 Å². The van der Waals surface area contributed by atoms with E-state index in [0.29, 0.717) is 31.4 Å². The number of allylic oxidation sites excluding steroid dienone is 7. The van der Waals surface area contributed by atoms with E-state index in [9.17, 15) is 38.9 Å². The molecule has 90 heavy (non-hydrogen) atoms. The molecule has 0 aliphatic carbocycles. The molecule has 2 heterocycles. The van der Waals surface area contributed by atoms with E-state index >= 15 is 0 Å². The predicted octanol–water partition coefficient (Wildman–Crippen LogP) is 2.93. The van der Waals surface area contributed by atoms with Gasteiger partial charge < -0.3 is 42.9 Å². The molecule has 0 saturated heterocycles. The van der Waals surface area contributed by atoms with Gasteiger partial charge in [0.2, 0.25) is 5.69 Å². The normalized spacial score (nSPS) is 12.4. The molecular weight excluding hydrogens is 2900 g/mol. The van der Waals surface area contributed by atoms with Crippen LogP contribution in [-0.4, -0.2) is 73.8 Å². The number of hydrogen-bond acceptors (Lipinski definition) is 11. The predicted molar refractivity (Wildman–Crippen MR) is 255 cm³/mol. The fraction of sp³-hybridized carbons (Fsp3) is 0.314. The largest absolute Gasteiger partial charge is 1.00 e. The van der Waals surface area contributed by atoms with Crippen LogP contribution in [0.3, 0.4) is 0 Å². The monoisotopic (exact) mass is 2950 g/mol. The third kappa shape index (κ3) is 45.5. The Morgan fingerprint density at radius 2 is 1.08 bits per heavy atom.